The molecule has 1 aliphatic rings. The van der Waals surface area contributed by atoms with Crippen LogP contribution in [0.3, 0.4) is 0 Å². The Labute approximate surface area is 118 Å². The van der Waals surface area contributed by atoms with Crippen LogP contribution < -0.4 is 10.1 Å². The summed E-state index contributed by atoms with van der Waals surface area (Å²) in [5, 5.41) is 11.5. The Morgan fingerprint density at radius 3 is 2.60 bits per heavy atom. The molecule has 0 aliphatic heterocycles. The molecule has 0 amide bonds. The first-order valence-corrected chi connectivity index (χ1v) is 7.12. The Bertz CT molecular complexity index is 523. The summed E-state index contributed by atoms with van der Waals surface area (Å²) in [5.41, 5.74) is 0. The van der Waals surface area contributed by atoms with Gasteiger partial charge in [0.25, 0.3) is 0 Å². The van der Waals surface area contributed by atoms with E-state index in [1.54, 1.807) is 0 Å². The standard InChI is InChI=1S/C15H19N3O2/c1-2-4-13(5-3-1)19-11-9-15-18-17-14(20-15)8-10-16-12-6-7-12/h1-5,12,16H,6-11H2. The number of rotatable bonds is 8. The van der Waals surface area contributed by atoms with Gasteiger partial charge in [0.05, 0.1) is 13.0 Å². The van der Waals surface area contributed by atoms with Crippen LogP contribution in [0.2, 0.25) is 0 Å². The maximum absolute atomic E-state index is 5.60. The van der Waals surface area contributed by atoms with Crippen molar-refractivity contribution in [3.05, 3.63) is 42.1 Å². The van der Waals surface area contributed by atoms with E-state index < -0.39 is 0 Å². The van der Waals surface area contributed by atoms with Gasteiger partial charge in [-0.25, -0.2) is 0 Å². The van der Waals surface area contributed by atoms with Crippen molar-refractivity contribution in [3.8, 4) is 5.75 Å². The molecule has 3 rings (SSSR count). The number of aromatic nitrogens is 2. The van der Waals surface area contributed by atoms with E-state index in [9.17, 15) is 0 Å². The van der Waals surface area contributed by atoms with Gasteiger partial charge in [-0.2, -0.15) is 0 Å². The second-order valence-corrected chi connectivity index (χ2v) is 4.98. The maximum Gasteiger partial charge on any atom is 0.219 e. The fraction of sp³-hybridized carbons (Fsp3) is 0.467. The van der Waals surface area contributed by atoms with Crippen molar-refractivity contribution < 1.29 is 9.15 Å². The lowest BCUT2D eigenvalue weighted by Crippen LogP contribution is -2.19. The fourth-order valence-electron chi connectivity index (χ4n) is 1.93. The molecular formula is C15H19N3O2. The molecule has 0 atom stereocenters. The molecule has 0 bridgehead atoms. The molecule has 5 nitrogen and oxygen atoms in total. The van der Waals surface area contributed by atoms with Crippen LogP contribution >= 0.6 is 0 Å². The number of hydrogen-bond acceptors (Lipinski definition) is 5. The molecule has 1 saturated carbocycles. The molecule has 20 heavy (non-hydrogen) atoms. The normalized spacial score (nSPS) is 14.4. The molecule has 1 fully saturated rings. The number of ether oxygens (including phenoxy) is 1. The lowest BCUT2D eigenvalue weighted by atomic mass is 10.3. The van der Waals surface area contributed by atoms with E-state index in [4.69, 9.17) is 9.15 Å². The highest BCUT2D eigenvalue weighted by molar-refractivity contribution is 5.20. The first-order valence-electron chi connectivity index (χ1n) is 7.12. The van der Waals surface area contributed by atoms with Crippen LogP contribution in [0, 0.1) is 0 Å². The van der Waals surface area contributed by atoms with Crippen molar-refractivity contribution in [2.45, 2.75) is 31.7 Å². The summed E-state index contributed by atoms with van der Waals surface area (Å²) >= 11 is 0. The number of nitrogens with zero attached hydrogens (tertiary/aromatic N) is 2. The minimum absolute atomic E-state index is 0.548. The third kappa shape index (κ3) is 4.06. The number of nitrogens with one attached hydrogen (secondary N) is 1. The molecule has 1 N–H and O–H groups in total. The third-order valence-electron chi connectivity index (χ3n) is 3.19. The van der Waals surface area contributed by atoms with E-state index in [0.29, 0.717) is 24.8 Å². The van der Waals surface area contributed by atoms with Crippen molar-refractivity contribution in [1.82, 2.24) is 15.5 Å². The van der Waals surface area contributed by atoms with Crippen molar-refractivity contribution in [3.63, 3.8) is 0 Å². The lowest BCUT2D eigenvalue weighted by molar-refractivity contribution is 0.303. The molecular weight excluding hydrogens is 254 g/mol. The van der Waals surface area contributed by atoms with Gasteiger partial charge in [-0.1, -0.05) is 18.2 Å². The van der Waals surface area contributed by atoms with Crippen LogP contribution in [0.5, 0.6) is 5.75 Å². The minimum atomic E-state index is 0.548. The Morgan fingerprint density at radius 1 is 1.10 bits per heavy atom. The molecule has 0 spiro atoms. The van der Waals surface area contributed by atoms with Gasteiger partial charge in [0.15, 0.2) is 0 Å². The van der Waals surface area contributed by atoms with Crippen LogP contribution in [0.4, 0.5) is 0 Å². The second kappa shape index (κ2) is 6.52. The van der Waals surface area contributed by atoms with Gasteiger partial charge in [-0.15, -0.1) is 10.2 Å². The van der Waals surface area contributed by atoms with Crippen molar-refractivity contribution in [1.29, 1.82) is 0 Å². The number of para-hydroxylation sites is 1. The van der Waals surface area contributed by atoms with Gasteiger partial charge in [0.2, 0.25) is 11.8 Å². The predicted octanol–water partition coefficient (Wildman–Crippen LogP) is 1.99. The van der Waals surface area contributed by atoms with Crippen LogP contribution in [0.15, 0.2) is 34.7 Å². The largest absolute Gasteiger partial charge is 0.493 e. The highest BCUT2D eigenvalue weighted by atomic mass is 16.5. The average molecular weight is 273 g/mol. The van der Waals surface area contributed by atoms with E-state index in [-0.39, 0.29) is 0 Å². The van der Waals surface area contributed by atoms with Crippen LogP contribution in [0.1, 0.15) is 24.6 Å². The molecule has 106 valence electrons. The van der Waals surface area contributed by atoms with Crippen LogP contribution in [0.25, 0.3) is 0 Å². The zero-order valence-corrected chi connectivity index (χ0v) is 11.4. The highest BCUT2D eigenvalue weighted by Crippen LogP contribution is 2.18. The predicted molar refractivity (Wildman–Crippen MR) is 74.7 cm³/mol. The number of benzene rings is 1. The molecule has 0 unspecified atom stereocenters. The van der Waals surface area contributed by atoms with Gasteiger partial charge in [0, 0.05) is 19.0 Å². The van der Waals surface area contributed by atoms with Crippen LogP contribution in [-0.4, -0.2) is 29.4 Å². The molecule has 1 aliphatic carbocycles. The zero-order chi connectivity index (χ0) is 13.6. The molecule has 2 aromatic rings. The lowest BCUT2D eigenvalue weighted by Gasteiger charge is -2.03. The SMILES string of the molecule is c1ccc(OCCc2nnc(CCNC3CC3)o2)cc1. The highest BCUT2D eigenvalue weighted by Gasteiger charge is 2.20. The first-order chi connectivity index (χ1) is 9.90. The van der Waals surface area contributed by atoms with E-state index in [2.05, 4.69) is 15.5 Å². The van der Waals surface area contributed by atoms with Gasteiger partial charge in [-0.05, 0) is 25.0 Å². The summed E-state index contributed by atoms with van der Waals surface area (Å²) in [5.74, 6) is 2.20. The smallest absolute Gasteiger partial charge is 0.219 e. The summed E-state index contributed by atoms with van der Waals surface area (Å²) in [6, 6.07) is 10.5. The Hall–Kier alpha value is -1.88. The minimum Gasteiger partial charge on any atom is -0.493 e. The molecule has 1 aromatic carbocycles. The van der Waals surface area contributed by atoms with E-state index in [1.165, 1.54) is 12.8 Å². The first kappa shape index (κ1) is 13.1. The zero-order valence-electron chi connectivity index (χ0n) is 11.4. The van der Waals surface area contributed by atoms with Gasteiger partial charge in [-0.3, -0.25) is 0 Å². The number of hydrogen-bond donors (Lipinski definition) is 1. The summed E-state index contributed by atoms with van der Waals surface area (Å²) < 4.78 is 11.2. The Morgan fingerprint density at radius 2 is 1.85 bits per heavy atom. The van der Waals surface area contributed by atoms with Crippen molar-refractivity contribution in [2.75, 3.05) is 13.2 Å². The van der Waals surface area contributed by atoms with Crippen molar-refractivity contribution >= 4 is 0 Å². The maximum atomic E-state index is 5.60. The van der Waals surface area contributed by atoms with E-state index in [0.717, 1.165) is 24.8 Å². The van der Waals surface area contributed by atoms with Crippen molar-refractivity contribution in [2.24, 2.45) is 0 Å². The van der Waals surface area contributed by atoms with Crippen LogP contribution in [-0.2, 0) is 12.8 Å². The quantitative estimate of drug-likeness (QED) is 0.797. The average Bonchev–Trinajstić information content (AvgIpc) is 3.19. The molecule has 1 heterocycles. The summed E-state index contributed by atoms with van der Waals surface area (Å²) in [4.78, 5) is 0. The summed E-state index contributed by atoms with van der Waals surface area (Å²) in [6.45, 7) is 1.46. The monoisotopic (exact) mass is 273 g/mol. The van der Waals surface area contributed by atoms with Gasteiger partial charge < -0.3 is 14.5 Å². The second-order valence-electron chi connectivity index (χ2n) is 4.98. The van der Waals surface area contributed by atoms with Gasteiger partial charge in [0.1, 0.15) is 5.75 Å². The Balaban J connectivity index is 1.38. The van der Waals surface area contributed by atoms with E-state index in [1.807, 2.05) is 30.3 Å². The molecule has 1 aromatic heterocycles. The molecule has 0 saturated heterocycles. The Kier molecular flexibility index (Phi) is 4.28. The fourth-order valence-corrected chi connectivity index (χ4v) is 1.93. The van der Waals surface area contributed by atoms with Gasteiger partial charge >= 0.3 is 0 Å². The van der Waals surface area contributed by atoms with E-state index >= 15 is 0 Å². The summed E-state index contributed by atoms with van der Waals surface area (Å²) in [7, 11) is 0. The molecule has 5 heteroatoms. The third-order valence-corrected chi connectivity index (χ3v) is 3.19. The molecule has 0 radical (unpaired) electrons. The summed E-state index contributed by atoms with van der Waals surface area (Å²) in [6.07, 6.45) is 4.03. The topological polar surface area (TPSA) is 60.2 Å².